The Balaban J connectivity index is 1.65. The van der Waals surface area contributed by atoms with Gasteiger partial charge in [-0.15, -0.1) is 0 Å². The van der Waals surface area contributed by atoms with Gasteiger partial charge in [0.15, 0.2) is 0 Å². The van der Waals surface area contributed by atoms with Crippen LogP contribution in [-0.2, 0) is 6.42 Å². The molecule has 0 spiro atoms. The van der Waals surface area contributed by atoms with Crippen LogP contribution in [0.5, 0.6) is 5.75 Å². The lowest BCUT2D eigenvalue weighted by atomic mass is 10.1. The molecule has 2 aromatic heterocycles. The van der Waals surface area contributed by atoms with Crippen LogP contribution >= 0.6 is 0 Å². The van der Waals surface area contributed by atoms with E-state index in [1.807, 2.05) is 38.2 Å². The minimum atomic E-state index is -0.179. The third kappa shape index (κ3) is 3.79. The number of ether oxygens (including phenoxy) is 1. The molecule has 0 radical (unpaired) electrons. The molecule has 130 valence electrons. The smallest absolute Gasteiger partial charge is 0.270 e. The minimum absolute atomic E-state index is 0.179. The van der Waals surface area contributed by atoms with Gasteiger partial charge in [-0.25, -0.2) is 9.97 Å². The molecule has 0 atom stereocenters. The van der Waals surface area contributed by atoms with E-state index < -0.39 is 0 Å². The topological polar surface area (TPSA) is 79.9 Å². The monoisotopic (exact) mass is 338 g/mol. The summed E-state index contributed by atoms with van der Waals surface area (Å²) in [6.07, 6.45) is 4.32. The third-order valence-corrected chi connectivity index (χ3v) is 4.08. The molecular formula is C19H22N4O2. The highest BCUT2D eigenvalue weighted by atomic mass is 16.5. The van der Waals surface area contributed by atoms with Gasteiger partial charge in [0.25, 0.3) is 5.91 Å². The standard InChI is InChI=1S/C19H22N4O2/c1-12(2)18-20-9-7-17(23-18)19(24)21-8-6-13-11-22-16-5-4-14(25-3)10-15(13)16/h4-5,7,9-12,22H,6,8H2,1-3H3,(H,21,24). The largest absolute Gasteiger partial charge is 0.497 e. The molecule has 0 unspecified atom stereocenters. The van der Waals surface area contributed by atoms with Crippen LogP contribution in [0.15, 0.2) is 36.7 Å². The second kappa shape index (κ2) is 7.34. The van der Waals surface area contributed by atoms with Crippen molar-refractivity contribution in [3.63, 3.8) is 0 Å². The fourth-order valence-corrected chi connectivity index (χ4v) is 2.67. The average molecular weight is 338 g/mol. The molecule has 3 aromatic rings. The molecule has 6 nitrogen and oxygen atoms in total. The molecule has 1 amide bonds. The Bertz CT molecular complexity index is 886. The van der Waals surface area contributed by atoms with E-state index in [-0.39, 0.29) is 11.8 Å². The Hall–Kier alpha value is -2.89. The maximum absolute atomic E-state index is 12.3. The zero-order chi connectivity index (χ0) is 17.8. The van der Waals surface area contributed by atoms with E-state index in [4.69, 9.17) is 4.74 Å². The summed E-state index contributed by atoms with van der Waals surface area (Å²) >= 11 is 0. The van der Waals surface area contributed by atoms with Gasteiger partial charge in [-0.05, 0) is 36.2 Å². The zero-order valence-corrected chi connectivity index (χ0v) is 14.7. The molecular weight excluding hydrogens is 316 g/mol. The number of amides is 1. The van der Waals surface area contributed by atoms with Crippen molar-refractivity contribution in [3.05, 3.63) is 53.7 Å². The van der Waals surface area contributed by atoms with Crippen molar-refractivity contribution in [2.45, 2.75) is 26.2 Å². The van der Waals surface area contributed by atoms with Gasteiger partial charge in [0.2, 0.25) is 0 Å². The Morgan fingerprint density at radius 3 is 2.92 bits per heavy atom. The zero-order valence-electron chi connectivity index (χ0n) is 14.7. The van der Waals surface area contributed by atoms with E-state index in [1.165, 1.54) is 0 Å². The van der Waals surface area contributed by atoms with Crippen molar-refractivity contribution in [3.8, 4) is 5.75 Å². The summed E-state index contributed by atoms with van der Waals surface area (Å²) in [6, 6.07) is 7.55. The van der Waals surface area contributed by atoms with Crippen LogP contribution in [0.1, 0.15) is 41.6 Å². The van der Waals surface area contributed by atoms with E-state index in [0.29, 0.717) is 18.1 Å². The number of rotatable bonds is 6. The molecule has 3 rings (SSSR count). The third-order valence-electron chi connectivity index (χ3n) is 4.08. The number of aromatic amines is 1. The minimum Gasteiger partial charge on any atom is -0.497 e. The Morgan fingerprint density at radius 2 is 2.16 bits per heavy atom. The Labute approximate surface area is 146 Å². The summed E-state index contributed by atoms with van der Waals surface area (Å²) in [7, 11) is 1.65. The number of hydrogen-bond acceptors (Lipinski definition) is 4. The lowest BCUT2D eigenvalue weighted by molar-refractivity contribution is 0.0948. The normalized spacial score (nSPS) is 11.0. The molecule has 0 saturated heterocycles. The van der Waals surface area contributed by atoms with Crippen molar-refractivity contribution in [2.75, 3.05) is 13.7 Å². The second-order valence-corrected chi connectivity index (χ2v) is 6.19. The van der Waals surface area contributed by atoms with Gasteiger partial charge >= 0.3 is 0 Å². The maximum atomic E-state index is 12.3. The van der Waals surface area contributed by atoms with E-state index >= 15 is 0 Å². The lowest BCUT2D eigenvalue weighted by Gasteiger charge is -2.07. The van der Waals surface area contributed by atoms with Gasteiger partial charge < -0.3 is 15.0 Å². The number of hydrogen-bond donors (Lipinski definition) is 2. The van der Waals surface area contributed by atoms with Gasteiger partial charge in [-0.1, -0.05) is 13.8 Å². The van der Waals surface area contributed by atoms with Crippen LogP contribution in [0.2, 0.25) is 0 Å². The maximum Gasteiger partial charge on any atom is 0.270 e. The number of carbonyl (C=O) groups is 1. The molecule has 0 fully saturated rings. The molecule has 2 N–H and O–H groups in total. The molecule has 0 bridgehead atoms. The Kier molecular flexibility index (Phi) is 4.97. The van der Waals surface area contributed by atoms with E-state index in [9.17, 15) is 4.79 Å². The quantitative estimate of drug-likeness (QED) is 0.724. The molecule has 0 aliphatic carbocycles. The highest BCUT2D eigenvalue weighted by Crippen LogP contribution is 2.23. The van der Waals surface area contributed by atoms with Gasteiger partial charge in [0, 0.05) is 35.8 Å². The molecule has 1 aromatic carbocycles. The first-order valence-electron chi connectivity index (χ1n) is 8.33. The van der Waals surface area contributed by atoms with Gasteiger partial charge in [0.05, 0.1) is 7.11 Å². The van der Waals surface area contributed by atoms with E-state index in [0.717, 1.165) is 28.6 Å². The molecule has 0 saturated carbocycles. The van der Waals surface area contributed by atoms with Crippen molar-refractivity contribution in [1.82, 2.24) is 20.3 Å². The fraction of sp³-hybridized carbons (Fsp3) is 0.316. The van der Waals surface area contributed by atoms with Crippen molar-refractivity contribution >= 4 is 16.8 Å². The highest BCUT2D eigenvalue weighted by Gasteiger charge is 2.11. The number of carbonyl (C=O) groups excluding carboxylic acids is 1. The lowest BCUT2D eigenvalue weighted by Crippen LogP contribution is -2.27. The van der Waals surface area contributed by atoms with E-state index in [2.05, 4.69) is 20.3 Å². The number of benzene rings is 1. The average Bonchev–Trinajstić information content (AvgIpc) is 3.04. The first-order valence-corrected chi connectivity index (χ1v) is 8.33. The SMILES string of the molecule is COc1ccc2[nH]cc(CCNC(=O)c3ccnc(C(C)C)n3)c2c1. The summed E-state index contributed by atoms with van der Waals surface area (Å²) in [5.74, 6) is 1.51. The number of nitrogens with zero attached hydrogens (tertiary/aromatic N) is 2. The Morgan fingerprint density at radius 1 is 1.32 bits per heavy atom. The molecule has 6 heteroatoms. The number of fused-ring (bicyclic) bond motifs is 1. The van der Waals surface area contributed by atoms with Crippen LogP contribution in [0.25, 0.3) is 10.9 Å². The van der Waals surface area contributed by atoms with Crippen LogP contribution in [0.3, 0.4) is 0 Å². The molecule has 25 heavy (non-hydrogen) atoms. The van der Waals surface area contributed by atoms with Gasteiger partial charge in [0.1, 0.15) is 17.3 Å². The molecule has 0 aliphatic heterocycles. The fourth-order valence-electron chi connectivity index (χ4n) is 2.67. The predicted molar refractivity (Wildman–Crippen MR) is 97.0 cm³/mol. The van der Waals surface area contributed by atoms with Crippen molar-refractivity contribution in [1.29, 1.82) is 0 Å². The highest BCUT2D eigenvalue weighted by molar-refractivity contribution is 5.92. The predicted octanol–water partition coefficient (Wildman–Crippen LogP) is 3.06. The van der Waals surface area contributed by atoms with Gasteiger partial charge in [-0.2, -0.15) is 0 Å². The van der Waals surface area contributed by atoms with Crippen LogP contribution in [0.4, 0.5) is 0 Å². The first-order chi connectivity index (χ1) is 12.1. The summed E-state index contributed by atoms with van der Waals surface area (Å²) in [4.78, 5) is 24.0. The number of nitrogens with one attached hydrogen (secondary N) is 2. The van der Waals surface area contributed by atoms with Crippen LogP contribution in [-0.4, -0.2) is 34.5 Å². The molecule has 2 heterocycles. The summed E-state index contributed by atoms with van der Waals surface area (Å²) in [5, 5.41) is 4.03. The first kappa shape index (κ1) is 17.0. The van der Waals surface area contributed by atoms with Crippen molar-refractivity contribution in [2.24, 2.45) is 0 Å². The second-order valence-electron chi connectivity index (χ2n) is 6.19. The van der Waals surface area contributed by atoms with Crippen LogP contribution in [0, 0.1) is 0 Å². The number of H-pyrrole nitrogens is 1. The van der Waals surface area contributed by atoms with Crippen LogP contribution < -0.4 is 10.1 Å². The molecule has 0 aliphatic rings. The summed E-state index contributed by atoms with van der Waals surface area (Å²) in [6.45, 7) is 4.54. The van der Waals surface area contributed by atoms with Gasteiger partial charge in [-0.3, -0.25) is 4.79 Å². The van der Waals surface area contributed by atoms with Crippen molar-refractivity contribution < 1.29 is 9.53 Å². The summed E-state index contributed by atoms with van der Waals surface area (Å²) in [5.41, 5.74) is 2.60. The summed E-state index contributed by atoms with van der Waals surface area (Å²) < 4.78 is 5.28. The number of aromatic nitrogens is 3. The number of methoxy groups -OCH3 is 1. The van der Waals surface area contributed by atoms with E-state index in [1.54, 1.807) is 19.4 Å².